The van der Waals surface area contributed by atoms with E-state index in [4.69, 9.17) is 0 Å². The molecule has 0 atom stereocenters. The Morgan fingerprint density at radius 1 is 0.688 bits per heavy atom. The van der Waals surface area contributed by atoms with Crippen molar-refractivity contribution in [2.24, 2.45) is 0 Å². The molecule has 0 spiro atoms. The summed E-state index contributed by atoms with van der Waals surface area (Å²) in [4.78, 5) is 0.184. The van der Waals surface area contributed by atoms with Crippen molar-refractivity contribution in [2.75, 3.05) is 0 Å². The quantitative estimate of drug-likeness (QED) is 0.184. The summed E-state index contributed by atoms with van der Waals surface area (Å²) in [5.41, 5.74) is 5.75. The zero-order valence-corrected chi connectivity index (χ0v) is 20.8. The molecule has 0 aliphatic heterocycles. The molecule has 0 radical (unpaired) electrons. The predicted octanol–water partition coefficient (Wildman–Crippen LogP) is 8.39. The second-order valence-electron chi connectivity index (χ2n) is 9.32. The fourth-order valence-electron chi connectivity index (χ4n) is 5.07. The predicted molar refractivity (Wildman–Crippen MR) is 135 cm³/mol. The number of benzene rings is 2. The molecule has 0 fully saturated rings. The highest BCUT2D eigenvalue weighted by Gasteiger charge is 2.33. The van der Waals surface area contributed by atoms with Crippen LogP contribution in [0.2, 0.25) is 0 Å². The smallest absolute Gasteiger partial charge is 0.282 e. The Balaban J connectivity index is 1.86. The molecule has 3 rings (SSSR count). The first-order chi connectivity index (χ1) is 15.5. The van der Waals surface area contributed by atoms with Crippen molar-refractivity contribution in [1.29, 1.82) is 0 Å². The molecule has 2 aromatic rings. The Hall–Kier alpha value is -1.65. The van der Waals surface area contributed by atoms with Crippen LogP contribution in [-0.4, -0.2) is 13.0 Å². The lowest BCUT2D eigenvalue weighted by Gasteiger charge is -2.29. The van der Waals surface area contributed by atoms with E-state index in [2.05, 4.69) is 19.9 Å². The normalized spacial score (nSPS) is 12.3. The molecule has 0 heterocycles. The van der Waals surface area contributed by atoms with Crippen molar-refractivity contribution in [3.8, 4) is 22.3 Å². The Labute approximate surface area is 195 Å². The SMILES string of the molecule is CCCCCCCCc1cc2c(c(S(=O)(=O)O)c1CCCCCCCC)-c1ccccc1-2. The minimum atomic E-state index is -4.29. The van der Waals surface area contributed by atoms with Gasteiger partial charge in [-0.2, -0.15) is 8.42 Å². The van der Waals surface area contributed by atoms with E-state index in [1.165, 1.54) is 57.8 Å². The summed E-state index contributed by atoms with van der Waals surface area (Å²) in [6.45, 7) is 4.44. The Kier molecular flexibility index (Phi) is 9.36. The van der Waals surface area contributed by atoms with E-state index in [-0.39, 0.29) is 4.90 Å². The third-order valence-electron chi connectivity index (χ3n) is 6.80. The van der Waals surface area contributed by atoms with Crippen LogP contribution in [-0.2, 0) is 23.0 Å². The highest BCUT2D eigenvalue weighted by molar-refractivity contribution is 7.86. The molecule has 1 aliphatic carbocycles. The van der Waals surface area contributed by atoms with E-state index in [1.807, 2.05) is 24.3 Å². The van der Waals surface area contributed by atoms with Crippen LogP contribution >= 0.6 is 0 Å². The van der Waals surface area contributed by atoms with Crippen LogP contribution in [0, 0.1) is 0 Å². The van der Waals surface area contributed by atoms with Crippen molar-refractivity contribution in [1.82, 2.24) is 0 Å². The van der Waals surface area contributed by atoms with Crippen molar-refractivity contribution in [2.45, 2.75) is 109 Å². The standard InChI is InChI=1S/C28H40O3S/c1-3-5-7-9-11-13-17-22-21-26-24-19-15-16-20-25(24)27(26)28(32(29,30)31)23(22)18-14-12-10-8-6-4-2/h15-16,19-21H,3-14,17-18H2,1-2H3,(H,29,30,31). The maximum absolute atomic E-state index is 12.6. The van der Waals surface area contributed by atoms with Gasteiger partial charge in [0.05, 0.1) is 0 Å². The van der Waals surface area contributed by atoms with Crippen LogP contribution in [0.5, 0.6) is 0 Å². The van der Waals surface area contributed by atoms with E-state index in [9.17, 15) is 13.0 Å². The molecular formula is C28H40O3S. The zero-order chi connectivity index (χ0) is 23.0. The van der Waals surface area contributed by atoms with Crippen molar-refractivity contribution in [3.63, 3.8) is 0 Å². The van der Waals surface area contributed by atoms with Gasteiger partial charge in [-0.1, -0.05) is 108 Å². The third kappa shape index (κ3) is 6.02. The van der Waals surface area contributed by atoms with Crippen LogP contribution in [0.3, 0.4) is 0 Å². The molecular weight excluding hydrogens is 416 g/mol. The minimum Gasteiger partial charge on any atom is -0.282 e. The van der Waals surface area contributed by atoms with Gasteiger partial charge in [0.1, 0.15) is 4.90 Å². The molecule has 4 heteroatoms. The third-order valence-corrected chi connectivity index (χ3v) is 7.77. The van der Waals surface area contributed by atoms with Gasteiger partial charge in [-0.25, -0.2) is 0 Å². The topological polar surface area (TPSA) is 54.4 Å². The van der Waals surface area contributed by atoms with Crippen molar-refractivity contribution >= 4 is 10.1 Å². The van der Waals surface area contributed by atoms with E-state index >= 15 is 0 Å². The van der Waals surface area contributed by atoms with Gasteiger partial charge in [-0.3, -0.25) is 4.55 Å². The molecule has 1 aliphatic rings. The second-order valence-corrected chi connectivity index (χ2v) is 10.7. The van der Waals surface area contributed by atoms with Crippen LogP contribution in [0.1, 0.15) is 102 Å². The fourth-order valence-corrected chi connectivity index (χ4v) is 6.09. The second kappa shape index (κ2) is 12.0. The van der Waals surface area contributed by atoms with E-state index in [0.717, 1.165) is 65.5 Å². The highest BCUT2D eigenvalue weighted by Crippen LogP contribution is 2.52. The number of unbranched alkanes of at least 4 members (excludes halogenated alkanes) is 10. The van der Waals surface area contributed by atoms with E-state index < -0.39 is 10.1 Å². The molecule has 1 N–H and O–H groups in total. The minimum absolute atomic E-state index is 0.184. The lowest BCUT2D eigenvalue weighted by atomic mass is 9.77. The molecule has 3 nitrogen and oxygen atoms in total. The highest BCUT2D eigenvalue weighted by atomic mass is 32.2. The molecule has 176 valence electrons. The van der Waals surface area contributed by atoms with Gasteiger partial charge in [-0.05, 0) is 53.5 Å². The fraction of sp³-hybridized carbons (Fsp3) is 0.571. The Morgan fingerprint density at radius 2 is 1.22 bits per heavy atom. The van der Waals surface area contributed by atoms with Gasteiger partial charge in [0.15, 0.2) is 0 Å². The maximum atomic E-state index is 12.6. The first-order valence-corrected chi connectivity index (χ1v) is 14.2. The zero-order valence-electron chi connectivity index (χ0n) is 20.0. The summed E-state index contributed by atoms with van der Waals surface area (Å²) in [7, 11) is -4.29. The number of hydrogen-bond acceptors (Lipinski definition) is 2. The average Bonchev–Trinajstić information content (AvgIpc) is 2.76. The van der Waals surface area contributed by atoms with Crippen LogP contribution in [0.15, 0.2) is 35.2 Å². The lowest BCUT2D eigenvalue weighted by molar-refractivity contribution is 0.481. The number of fused-ring (bicyclic) bond motifs is 4. The van der Waals surface area contributed by atoms with Crippen molar-refractivity contribution < 1.29 is 13.0 Å². The largest absolute Gasteiger partial charge is 0.295 e. The molecule has 2 aromatic carbocycles. The van der Waals surface area contributed by atoms with Gasteiger partial charge in [0.25, 0.3) is 10.1 Å². The molecule has 32 heavy (non-hydrogen) atoms. The molecule has 0 amide bonds. The maximum Gasteiger partial charge on any atom is 0.295 e. The summed E-state index contributed by atoms with van der Waals surface area (Å²) >= 11 is 0. The molecule has 0 unspecified atom stereocenters. The van der Waals surface area contributed by atoms with E-state index in [1.54, 1.807) is 0 Å². The Bertz CT molecular complexity index is 992. The first-order valence-electron chi connectivity index (χ1n) is 12.7. The van der Waals surface area contributed by atoms with Crippen LogP contribution in [0.25, 0.3) is 22.3 Å². The summed E-state index contributed by atoms with van der Waals surface area (Å²) in [5.74, 6) is 0. The molecule has 0 saturated heterocycles. The van der Waals surface area contributed by atoms with Gasteiger partial charge < -0.3 is 0 Å². The van der Waals surface area contributed by atoms with Crippen molar-refractivity contribution in [3.05, 3.63) is 41.5 Å². The first kappa shape index (κ1) is 25.0. The summed E-state index contributed by atoms with van der Waals surface area (Å²) in [5, 5.41) is 0. The number of rotatable bonds is 15. The lowest BCUT2D eigenvalue weighted by Crippen LogP contribution is -2.14. The summed E-state index contributed by atoms with van der Waals surface area (Å²) in [6, 6.07) is 10.2. The van der Waals surface area contributed by atoms with Gasteiger partial charge in [0, 0.05) is 5.56 Å². The number of hydrogen-bond donors (Lipinski definition) is 1. The number of aryl methyl sites for hydroxylation is 1. The van der Waals surface area contributed by atoms with Gasteiger partial charge >= 0.3 is 0 Å². The molecule has 0 saturated carbocycles. The molecule has 0 bridgehead atoms. The monoisotopic (exact) mass is 456 g/mol. The van der Waals surface area contributed by atoms with Crippen LogP contribution < -0.4 is 0 Å². The average molecular weight is 457 g/mol. The van der Waals surface area contributed by atoms with Gasteiger partial charge in [0.2, 0.25) is 0 Å². The van der Waals surface area contributed by atoms with Crippen LogP contribution in [0.4, 0.5) is 0 Å². The summed E-state index contributed by atoms with van der Waals surface area (Å²) < 4.78 is 35.5. The Morgan fingerprint density at radius 3 is 1.81 bits per heavy atom. The summed E-state index contributed by atoms with van der Waals surface area (Å²) in [6.07, 6.45) is 15.9. The molecule has 0 aromatic heterocycles. The van der Waals surface area contributed by atoms with E-state index in [0.29, 0.717) is 0 Å². The van der Waals surface area contributed by atoms with Gasteiger partial charge in [-0.15, -0.1) is 0 Å².